The third-order valence-corrected chi connectivity index (χ3v) is 5.96. The average molecular weight is 478 g/mol. The van der Waals surface area contributed by atoms with Crippen LogP contribution in [-0.2, 0) is 24.3 Å². The smallest absolute Gasteiger partial charge is 0.337 e. The van der Waals surface area contributed by atoms with Gasteiger partial charge < -0.3 is 15.4 Å². The third kappa shape index (κ3) is 5.63. The maximum absolute atomic E-state index is 14.1. The van der Waals surface area contributed by atoms with Gasteiger partial charge in [0.25, 0.3) is 10.0 Å². The summed E-state index contributed by atoms with van der Waals surface area (Å²) in [5.74, 6) is -2.75. The minimum absolute atomic E-state index is 0.0788. The number of nitrogens with zero attached hydrogens (tertiary/aromatic N) is 1. The van der Waals surface area contributed by atoms with Gasteiger partial charge in [-0.2, -0.15) is 0 Å². The number of imide groups is 1. The molecule has 13 heteroatoms. The Morgan fingerprint density at radius 2 is 1.79 bits per heavy atom. The second-order valence-corrected chi connectivity index (χ2v) is 8.47. The van der Waals surface area contributed by atoms with Crippen LogP contribution in [0.15, 0.2) is 47.4 Å². The highest BCUT2D eigenvalue weighted by Crippen LogP contribution is 2.22. The second-order valence-electron chi connectivity index (χ2n) is 6.82. The Bertz CT molecular complexity index is 1200. The molecule has 3 rings (SSSR count). The highest BCUT2D eigenvalue weighted by Gasteiger charge is 2.28. The van der Waals surface area contributed by atoms with E-state index in [1.165, 1.54) is 24.3 Å². The molecule has 2 aromatic carbocycles. The van der Waals surface area contributed by atoms with E-state index in [2.05, 4.69) is 20.1 Å². The molecule has 1 aliphatic rings. The number of ether oxygens (including phenoxy) is 1. The lowest BCUT2D eigenvalue weighted by molar-refractivity contribution is -0.125. The quantitative estimate of drug-likeness (QED) is 0.382. The van der Waals surface area contributed by atoms with Gasteiger partial charge in [0.2, 0.25) is 11.8 Å². The van der Waals surface area contributed by atoms with E-state index in [9.17, 15) is 32.0 Å². The zero-order chi connectivity index (χ0) is 24.2. The summed E-state index contributed by atoms with van der Waals surface area (Å²) in [7, 11) is -3.26. The van der Waals surface area contributed by atoms with Gasteiger partial charge >= 0.3 is 12.0 Å². The van der Waals surface area contributed by atoms with Crippen molar-refractivity contribution in [1.29, 1.82) is 0 Å². The molecule has 33 heavy (non-hydrogen) atoms. The minimum Gasteiger partial charge on any atom is -0.465 e. The summed E-state index contributed by atoms with van der Waals surface area (Å²) in [4.78, 5) is 46.8. The molecule has 0 aromatic heterocycles. The highest BCUT2D eigenvalue weighted by atomic mass is 32.2. The normalized spacial score (nSPS) is 13.5. The number of methoxy groups -OCH3 is 1. The SMILES string of the molecule is COC(=O)c1ccc(F)c(S(=O)(=O)Nc2ccc(NC(=O)CCN3C(=O)CNC3=O)cc2)c1. The Labute approximate surface area is 187 Å². The first-order valence-electron chi connectivity index (χ1n) is 9.49. The molecule has 11 nitrogen and oxygen atoms in total. The Morgan fingerprint density at radius 1 is 1.12 bits per heavy atom. The maximum atomic E-state index is 14.1. The largest absolute Gasteiger partial charge is 0.465 e. The fourth-order valence-corrected chi connectivity index (χ4v) is 4.07. The zero-order valence-corrected chi connectivity index (χ0v) is 18.1. The van der Waals surface area contributed by atoms with Gasteiger partial charge in [0, 0.05) is 24.3 Å². The molecule has 1 saturated heterocycles. The molecule has 1 aliphatic heterocycles. The molecule has 0 atom stereocenters. The molecule has 2 aromatic rings. The Morgan fingerprint density at radius 3 is 2.39 bits per heavy atom. The van der Waals surface area contributed by atoms with Crippen LogP contribution in [0.4, 0.5) is 20.6 Å². The predicted molar refractivity (Wildman–Crippen MR) is 113 cm³/mol. The number of carbonyl (C=O) groups is 4. The number of amides is 4. The van der Waals surface area contributed by atoms with Crippen molar-refractivity contribution in [3.63, 3.8) is 0 Å². The number of rotatable bonds is 8. The van der Waals surface area contributed by atoms with E-state index >= 15 is 0 Å². The van der Waals surface area contributed by atoms with E-state index in [4.69, 9.17) is 0 Å². The van der Waals surface area contributed by atoms with Crippen molar-refractivity contribution < 1.29 is 36.7 Å². The van der Waals surface area contributed by atoms with E-state index in [1.54, 1.807) is 0 Å². The van der Waals surface area contributed by atoms with Gasteiger partial charge in [-0.15, -0.1) is 0 Å². The summed E-state index contributed by atoms with van der Waals surface area (Å²) < 4.78 is 46.0. The molecule has 0 bridgehead atoms. The van der Waals surface area contributed by atoms with Gasteiger partial charge in [-0.1, -0.05) is 0 Å². The lowest BCUT2D eigenvalue weighted by atomic mass is 10.2. The molecule has 0 unspecified atom stereocenters. The van der Waals surface area contributed by atoms with Gasteiger partial charge in [-0.25, -0.2) is 22.4 Å². The minimum atomic E-state index is -4.37. The topological polar surface area (TPSA) is 151 Å². The molecule has 4 amide bonds. The van der Waals surface area contributed by atoms with Crippen molar-refractivity contribution in [3.8, 4) is 0 Å². The van der Waals surface area contributed by atoms with Gasteiger partial charge in [-0.3, -0.25) is 19.2 Å². The van der Waals surface area contributed by atoms with Crippen molar-refractivity contribution in [2.24, 2.45) is 0 Å². The first-order valence-corrected chi connectivity index (χ1v) is 11.0. The summed E-state index contributed by atoms with van der Waals surface area (Å²) in [6, 6.07) is 7.75. The lowest BCUT2D eigenvalue weighted by Crippen LogP contribution is -2.33. The van der Waals surface area contributed by atoms with Crippen LogP contribution >= 0.6 is 0 Å². The van der Waals surface area contributed by atoms with Crippen LogP contribution in [0.3, 0.4) is 0 Å². The number of halogens is 1. The van der Waals surface area contributed by atoms with E-state index < -0.39 is 44.6 Å². The van der Waals surface area contributed by atoms with Gasteiger partial charge in [0.1, 0.15) is 10.7 Å². The summed E-state index contributed by atoms with van der Waals surface area (Å²) >= 11 is 0. The van der Waals surface area contributed by atoms with Crippen LogP contribution in [0.2, 0.25) is 0 Å². The molecule has 0 radical (unpaired) electrons. The van der Waals surface area contributed by atoms with Crippen molar-refractivity contribution >= 4 is 45.2 Å². The number of anilines is 2. The van der Waals surface area contributed by atoms with Gasteiger partial charge in [0.05, 0.1) is 19.2 Å². The van der Waals surface area contributed by atoms with E-state index in [0.29, 0.717) is 5.69 Å². The first-order chi connectivity index (χ1) is 15.6. The average Bonchev–Trinajstić information content (AvgIpc) is 3.10. The summed E-state index contributed by atoms with van der Waals surface area (Å²) in [6.07, 6.45) is -0.122. The summed E-state index contributed by atoms with van der Waals surface area (Å²) in [6.45, 7) is -0.181. The molecular formula is C20H19FN4O7S. The molecule has 1 heterocycles. The molecular weight excluding hydrogens is 459 g/mol. The number of urea groups is 1. The van der Waals surface area contributed by atoms with Crippen LogP contribution in [0, 0.1) is 5.82 Å². The van der Waals surface area contributed by atoms with Crippen LogP contribution in [0.25, 0.3) is 0 Å². The zero-order valence-electron chi connectivity index (χ0n) is 17.3. The van der Waals surface area contributed by atoms with Crippen LogP contribution in [0.1, 0.15) is 16.8 Å². The number of sulfonamides is 1. The molecule has 0 saturated carbocycles. The van der Waals surface area contributed by atoms with Crippen molar-refractivity contribution in [3.05, 3.63) is 53.8 Å². The third-order valence-electron chi connectivity index (χ3n) is 4.56. The Hall–Kier alpha value is -4.00. The van der Waals surface area contributed by atoms with Crippen molar-refractivity contribution in [2.75, 3.05) is 30.2 Å². The molecule has 174 valence electrons. The van der Waals surface area contributed by atoms with Gasteiger partial charge in [-0.05, 0) is 42.5 Å². The Balaban J connectivity index is 1.63. The van der Waals surface area contributed by atoms with Crippen molar-refractivity contribution in [1.82, 2.24) is 10.2 Å². The van der Waals surface area contributed by atoms with E-state index in [0.717, 1.165) is 30.2 Å². The molecule has 1 fully saturated rings. The van der Waals surface area contributed by atoms with Crippen LogP contribution in [-0.4, -0.2) is 57.3 Å². The number of carbonyl (C=O) groups excluding carboxylic acids is 4. The van der Waals surface area contributed by atoms with Gasteiger partial charge in [0.15, 0.2) is 0 Å². The van der Waals surface area contributed by atoms with Crippen molar-refractivity contribution in [2.45, 2.75) is 11.3 Å². The van der Waals surface area contributed by atoms with E-state index in [-0.39, 0.29) is 30.8 Å². The predicted octanol–water partition coefficient (Wildman–Crippen LogP) is 1.29. The fourth-order valence-electron chi connectivity index (χ4n) is 2.90. The maximum Gasteiger partial charge on any atom is 0.337 e. The number of hydrogen-bond acceptors (Lipinski definition) is 7. The fraction of sp³-hybridized carbons (Fsp3) is 0.200. The number of nitrogens with one attached hydrogen (secondary N) is 3. The molecule has 0 spiro atoms. The second kappa shape index (κ2) is 9.65. The lowest BCUT2D eigenvalue weighted by Gasteiger charge is -2.13. The standard InChI is InChI=1S/C20H19FN4O7S/c1-32-19(28)12-2-7-15(21)16(10-12)33(30,31)24-14-5-3-13(4-6-14)23-17(26)8-9-25-18(27)11-22-20(25)29/h2-7,10,24H,8-9,11H2,1H3,(H,22,29)(H,23,26). The number of hydrogen-bond donors (Lipinski definition) is 3. The number of esters is 1. The Kier molecular flexibility index (Phi) is 6.92. The van der Waals surface area contributed by atoms with Crippen LogP contribution in [0.5, 0.6) is 0 Å². The number of benzene rings is 2. The summed E-state index contributed by atoms with van der Waals surface area (Å²) in [5, 5.41) is 4.90. The highest BCUT2D eigenvalue weighted by molar-refractivity contribution is 7.92. The monoisotopic (exact) mass is 478 g/mol. The molecule has 0 aliphatic carbocycles. The summed E-state index contributed by atoms with van der Waals surface area (Å²) in [5.41, 5.74) is 0.277. The van der Waals surface area contributed by atoms with Crippen LogP contribution < -0.4 is 15.4 Å². The first kappa shape index (κ1) is 23.7. The molecule has 3 N–H and O–H groups in total. The van der Waals surface area contributed by atoms with E-state index in [1.807, 2.05) is 0 Å².